The van der Waals surface area contributed by atoms with Crippen LogP contribution in [-0.4, -0.2) is 28.1 Å². The third-order valence-corrected chi connectivity index (χ3v) is 3.13. The summed E-state index contributed by atoms with van der Waals surface area (Å²) in [6.07, 6.45) is 2.54. The van der Waals surface area contributed by atoms with Crippen molar-refractivity contribution in [2.45, 2.75) is 51.9 Å². The molecule has 0 radical (unpaired) electrons. The topological polar surface area (TPSA) is 47.3 Å². The fourth-order valence-corrected chi connectivity index (χ4v) is 1.98. The Morgan fingerprint density at radius 2 is 2.06 bits per heavy atom. The molecule has 1 aromatic rings. The van der Waals surface area contributed by atoms with Gasteiger partial charge in [0.1, 0.15) is 0 Å². The van der Waals surface area contributed by atoms with Gasteiger partial charge in [-0.3, -0.25) is 4.68 Å². The number of ether oxygens (including phenoxy) is 1. The summed E-state index contributed by atoms with van der Waals surface area (Å²) in [7, 11) is 1.67. The van der Waals surface area contributed by atoms with Crippen molar-refractivity contribution in [1.29, 1.82) is 0 Å². The number of hydrogen-bond acceptors (Lipinski definition) is 3. The minimum absolute atomic E-state index is 0.138. The zero-order chi connectivity index (χ0) is 13.0. The van der Waals surface area contributed by atoms with E-state index < -0.39 is 6.10 Å². The second-order valence-corrected chi connectivity index (χ2v) is 4.96. The van der Waals surface area contributed by atoms with Crippen LogP contribution >= 0.6 is 11.6 Å². The summed E-state index contributed by atoms with van der Waals surface area (Å²) in [5.74, 6) is 0. The van der Waals surface area contributed by atoms with Gasteiger partial charge in [0.2, 0.25) is 0 Å². The van der Waals surface area contributed by atoms with E-state index >= 15 is 0 Å². The number of aliphatic hydroxyl groups excluding tert-OH is 1. The van der Waals surface area contributed by atoms with Crippen LogP contribution in [-0.2, 0) is 4.74 Å². The van der Waals surface area contributed by atoms with E-state index in [1.165, 1.54) is 0 Å². The average Bonchev–Trinajstić information content (AvgIpc) is 2.67. The lowest BCUT2D eigenvalue weighted by atomic mass is 10.1. The summed E-state index contributed by atoms with van der Waals surface area (Å²) in [6, 6.07) is 0.187. The van der Waals surface area contributed by atoms with E-state index in [1.54, 1.807) is 18.0 Å². The van der Waals surface area contributed by atoms with Crippen molar-refractivity contribution in [3.8, 4) is 0 Å². The fraction of sp³-hybridized carbons (Fsp3) is 0.750. The van der Waals surface area contributed by atoms with Crippen LogP contribution in [0.2, 0.25) is 5.02 Å². The number of aromatic nitrogens is 2. The molecule has 0 aliphatic rings. The van der Waals surface area contributed by atoms with Crippen molar-refractivity contribution in [2.75, 3.05) is 7.11 Å². The highest BCUT2D eigenvalue weighted by Gasteiger charge is 2.20. The predicted octanol–water partition coefficient (Wildman–Crippen LogP) is 2.97. The van der Waals surface area contributed by atoms with Gasteiger partial charge in [0.25, 0.3) is 0 Å². The Morgan fingerprint density at radius 3 is 2.59 bits per heavy atom. The van der Waals surface area contributed by atoms with Crippen LogP contribution in [0.3, 0.4) is 0 Å². The number of aliphatic hydroxyl groups is 1. The minimum Gasteiger partial charge on any atom is -0.387 e. The predicted molar refractivity (Wildman–Crippen MR) is 68.3 cm³/mol. The van der Waals surface area contributed by atoms with E-state index in [0.717, 1.165) is 6.42 Å². The van der Waals surface area contributed by atoms with Crippen LogP contribution < -0.4 is 0 Å². The normalized spacial score (nSPS) is 15.2. The Labute approximate surface area is 108 Å². The zero-order valence-electron chi connectivity index (χ0n) is 10.9. The van der Waals surface area contributed by atoms with Gasteiger partial charge in [-0.1, -0.05) is 11.6 Å². The summed E-state index contributed by atoms with van der Waals surface area (Å²) in [6.45, 7) is 6.00. The molecule has 17 heavy (non-hydrogen) atoms. The van der Waals surface area contributed by atoms with Gasteiger partial charge in [-0.25, -0.2) is 0 Å². The lowest BCUT2D eigenvalue weighted by Gasteiger charge is -2.18. The first-order chi connectivity index (χ1) is 7.97. The third kappa shape index (κ3) is 3.69. The molecule has 2 atom stereocenters. The summed E-state index contributed by atoms with van der Waals surface area (Å²) in [5, 5.41) is 14.9. The van der Waals surface area contributed by atoms with E-state index in [0.29, 0.717) is 17.1 Å². The summed E-state index contributed by atoms with van der Waals surface area (Å²) >= 11 is 6.06. The maximum absolute atomic E-state index is 10.2. The van der Waals surface area contributed by atoms with Gasteiger partial charge in [0.15, 0.2) is 0 Å². The van der Waals surface area contributed by atoms with Crippen molar-refractivity contribution in [3.05, 3.63) is 16.9 Å². The van der Waals surface area contributed by atoms with E-state index in [4.69, 9.17) is 16.3 Å². The van der Waals surface area contributed by atoms with Gasteiger partial charge < -0.3 is 9.84 Å². The highest BCUT2D eigenvalue weighted by atomic mass is 35.5. The molecule has 4 nitrogen and oxygen atoms in total. The lowest BCUT2D eigenvalue weighted by Crippen LogP contribution is -2.14. The Morgan fingerprint density at radius 1 is 1.41 bits per heavy atom. The smallest absolute Gasteiger partial charge is 0.0972 e. The molecule has 0 aliphatic carbocycles. The van der Waals surface area contributed by atoms with Crippen LogP contribution in [0, 0.1) is 0 Å². The van der Waals surface area contributed by atoms with Gasteiger partial charge in [-0.2, -0.15) is 5.10 Å². The molecule has 0 bridgehead atoms. The number of rotatable bonds is 6. The molecule has 0 aromatic carbocycles. The van der Waals surface area contributed by atoms with Crippen molar-refractivity contribution >= 4 is 11.6 Å². The Hall–Kier alpha value is -0.580. The maximum Gasteiger partial charge on any atom is 0.0972 e. The third-order valence-electron chi connectivity index (χ3n) is 2.84. The van der Waals surface area contributed by atoms with Crippen LogP contribution in [0.5, 0.6) is 0 Å². The standard InChI is InChI=1S/C12H21ClN2O2/c1-8(2)15-12(10(13)7-14-15)11(16)6-5-9(3)17-4/h7-9,11,16H,5-6H2,1-4H3. The van der Waals surface area contributed by atoms with Gasteiger partial charge >= 0.3 is 0 Å². The molecule has 0 fully saturated rings. The molecule has 0 amide bonds. The number of hydrogen-bond donors (Lipinski definition) is 1. The molecular weight excluding hydrogens is 240 g/mol. The first-order valence-electron chi connectivity index (χ1n) is 5.91. The largest absolute Gasteiger partial charge is 0.387 e. The van der Waals surface area contributed by atoms with Crippen LogP contribution in [0.4, 0.5) is 0 Å². The molecule has 0 spiro atoms. The molecule has 5 heteroatoms. The Balaban J connectivity index is 2.74. The summed E-state index contributed by atoms with van der Waals surface area (Å²) in [5.41, 5.74) is 0.699. The van der Waals surface area contributed by atoms with Gasteiger partial charge in [0.05, 0.1) is 29.1 Å². The molecule has 0 aliphatic heterocycles. The van der Waals surface area contributed by atoms with Crippen LogP contribution in [0.25, 0.3) is 0 Å². The highest BCUT2D eigenvalue weighted by Crippen LogP contribution is 2.28. The molecule has 0 saturated heterocycles. The van der Waals surface area contributed by atoms with Crippen LogP contribution in [0.15, 0.2) is 6.20 Å². The van der Waals surface area contributed by atoms with E-state index in [-0.39, 0.29) is 12.1 Å². The van der Waals surface area contributed by atoms with Crippen LogP contribution in [0.1, 0.15) is 51.5 Å². The molecule has 1 aromatic heterocycles. The number of methoxy groups -OCH3 is 1. The highest BCUT2D eigenvalue weighted by molar-refractivity contribution is 6.31. The van der Waals surface area contributed by atoms with Gasteiger partial charge in [-0.05, 0) is 33.6 Å². The van der Waals surface area contributed by atoms with Crippen molar-refractivity contribution in [2.24, 2.45) is 0 Å². The molecule has 1 rings (SSSR count). The first kappa shape index (κ1) is 14.5. The van der Waals surface area contributed by atoms with Gasteiger partial charge in [0, 0.05) is 13.2 Å². The fourth-order valence-electron chi connectivity index (χ4n) is 1.72. The number of halogens is 1. The van der Waals surface area contributed by atoms with E-state index in [2.05, 4.69) is 5.10 Å². The summed E-state index contributed by atoms with van der Waals surface area (Å²) in [4.78, 5) is 0. The second-order valence-electron chi connectivity index (χ2n) is 4.56. The minimum atomic E-state index is -0.593. The van der Waals surface area contributed by atoms with Crippen molar-refractivity contribution in [3.63, 3.8) is 0 Å². The molecular formula is C12H21ClN2O2. The monoisotopic (exact) mass is 260 g/mol. The summed E-state index contributed by atoms with van der Waals surface area (Å²) < 4.78 is 6.93. The molecule has 1 heterocycles. The maximum atomic E-state index is 10.2. The molecule has 2 unspecified atom stereocenters. The quantitative estimate of drug-likeness (QED) is 0.855. The van der Waals surface area contributed by atoms with E-state index in [1.807, 2.05) is 20.8 Å². The van der Waals surface area contributed by atoms with Crippen molar-refractivity contribution in [1.82, 2.24) is 9.78 Å². The van der Waals surface area contributed by atoms with Gasteiger partial charge in [-0.15, -0.1) is 0 Å². The first-order valence-corrected chi connectivity index (χ1v) is 6.28. The number of nitrogens with zero attached hydrogens (tertiary/aromatic N) is 2. The zero-order valence-corrected chi connectivity index (χ0v) is 11.6. The molecule has 1 N–H and O–H groups in total. The average molecular weight is 261 g/mol. The molecule has 98 valence electrons. The lowest BCUT2D eigenvalue weighted by molar-refractivity contribution is 0.0821. The second kappa shape index (κ2) is 6.38. The molecule has 0 saturated carbocycles. The van der Waals surface area contributed by atoms with E-state index in [9.17, 15) is 5.11 Å². The SMILES string of the molecule is COC(C)CCC(O)c1c(Cl)cnn1C(C)C. The Kier molecular flexibility index (Phi) is 5.43. The van der Waals surface area contributed by atoms with Crippen molar-refractivity contribution < 1.29 is 9.84 Å². The Bertz CT molecular complexity index is 352.